The molecule has 0 fully saturated rings. The number of amides is 3. The topological polar surface area (TPSA) is 97.8 Å². The van der Waals surface area contributed by atoms with Crippen molar-refractivity contribution in [1.82, 2.24) is 9.88 Å². The van der Waals surface area contributed by atoms with Crippen molar-refractivity contribution in [2.45, 2.75) is 39.8 Å². The van der Waals surface area contributed by atoms with Gasteiger partial charge < -0.3 is 14.8 Å². The Morgan fingerprint density at radius 3 is 2.44 bits per heavy atom. The number of rotatable bonds is 7. The highest BCUT2D eigenvalue weighted by Gasteiger charge is 2.40. The van der Waals surface area contributed by atoms with Crippen LogP contribution in [-0.4, -0.2) is 40.3 Å². The van der Waals surface area contributed by atoms with E-state index in [4.69, 9.17) is 9.47 Å². The summed E-state index contributed by atoms with van der Waals surface area (Å²) in [7, 11) is 0. The first-order chi connectivity index (χ1) is 17.3. The lowest BCUT2D eigenvalue weighted by Gasteiger charge is -2.28. The van der Waals surface area contributed by atoms with Crippen LogP contribution in [0.3, 0.4) is 0 Å². The van der Waals surface area contributed by atoms with Crippen LogP contribution in [0.25, 0.3) is 11.1 Å². The molecule has 2 aromatic carbocycles. The summed E-state index contributed by atoms with van der Waals surface area (Å²) in [6, 6.07) is 14.0. The van der Waals surface area contributed by atoms with Crippen molar-refractivity contribution in [2.24, 2.45) is 5.92 Å². The zero-order valence-corrected chi connectivity index (χ0v) is 20.4. The molecule has 3 amide bonds. The molecule has 0 radical (unpaired) electrons. The van der Waals surface area contributed by atoms with Gasteiger partial charge in [0.25, 0.3) is 11.8 Å². The van der Waals surface area contributed by atoms with Crippen molar-refractivity contribution in [3.8, 4) is 22.6 Å². The number of imide groups is 1. The summed E-state index contributed by atoms with van der Waals surface area (Å²) in [4.78, 5) is 43.1. The van der Waals surface area contributed by atoms with Crippen LogP contribution in [-0.2, 0) is 11.4 Å². The zero-order valence-electron chi connectivity index (χ0n) is 20.4. The minimum atomic E-state index is -0.392. The number of aromatic nitrogens is 1. The molecule has 0 unspecified atom stereocenters. The molecule has 3 heterocycles. The second-order valence-electron chi connectivity index (χ2n) is 9.47. The monoisotopic (exact) mass is 485 g/mol. The predicted molar refractivity (Wildman–Crippen MR) is 134 cm³/mol. The summed E-state index contributed by atoms with van der Waals surface area (Å²) in [6.45, 7) is 6.10. The molecular formula is C28H27N3O5. The number of carbonyl (C=O) groups is 3. The molecule has 2 aliphatic heterocycles. The van der Waals surface area contributed by atoms with Crippen LogP contribution >= 0.6 is 0 Å². The maximum atomic E-state index is 13.0. The molecule has 0 aliphatic carbocycles. The van der Waals surface area contributed by atoms with Gasteiger partial charge in [-0.1, -0.05) is 32.0 Å². The van der Waals surface area contributed by atoms with Crippen molar-refractivity contribution in [1.29, 1.82) is 0 Å². The Kier molecular flexibility index (Phi) is 6.18. The molecule has 1 atom stereocenters. The molecule has 0 saturated carbocycles. The van der Waals surface area contributed by atoms with Gasteiger partial charge in [-0.25, -0.2) is 4.98 Å². The SMILES string of the molecule is CC(=O)Nc1cc2c(cn1)OCc1cc(OC[C@H](CC(C)C)N3C(=O)c4ccccc4C3=O)ccc1-2. The summed E-state index contributed by atoms with van der Waals surface area (Å²) >= 11 is 0. The van der Waals surface area contributed by atoms with E-state index < -0.39 is 6.04 Å². The highest BCUT2D eigenvalue weighted by Crippen LogP contribution is 2.39. The van der Waals surface area contributed by atoms with Gasteiger partial charge in [0, 0.05) is 18.1 Å². The van der Waals surface area contributed by atoms with E-state index in [9.17, 15) is 14.4 Å². The third-order valence-electron chi connectivity index (χ3n) is 6.30. The second kappa shape index (κ2) is 9.45. The molecule has 8 heteroatoms. The minimum absolute atomic E-state index is 0.191. The Morgan fingerprint density at radius 1 is 1.06 bits per heavy atom. The fourth-order valence-corrected chi connectivity index (χ4v) is 4.74. The number of ether oxygens (including phenoxy) is 2. The van der Waals surface area contributed by atoms with Gasteiger partial charge in [0.15, 0.2) is 0 Å². The third kappa shape index (κ3) is 4.42. The van der Waals surface area contributed by atoms with Gasteiger partial charge in [0.05, 0.1) is 23.4 Å². The van der Waals surface area contributed by atoms with Crippen LogP contribution in [0.4, 0.5) is 5.82 Å². The lowest BCUT2D eigenvalue weighted by molar-refractivity contribution is -0.114. The first kappa shape index (κ1) is 23.5. The number of carbonyl (C=O) groups excluding carboxylic acids is 3. The number of pyridine rings is 1. The summed E-state index contributed by atoms with van der Waals surface area (Å²) in [6.07, 6.45) is 2.23. The smallest absolute Gasteiger partial charge is 0.261 e. The number of nitrogens with one attached hydrogen (secondary N) is 1. The Bertz CT molecular complexity index is 1330. The van der Waals surface area contributed by atoms with Gasteiger partial charge in [-0.2, -0.15) is 0 Å². The Hall–Kier alpha value is -4.20. The average Bonchev–Trinajstić information content (AvgIpc) is 3.11. The van der Waals surface area contributed by atoms with Crippen LogP contribution < -0.4 is 14.8 Å². The fourth-order valence-electron chi connectivity index (χ4n) is 4.74. The molecule has 3 aromatic rings. The van der Waals surface area contributed by atoms with Gasteiger partial charge in [0.2, 0.25) is 5.91 Å². The number of hydrogen-bond donors (Lipinski definition) is 1. The number of nitrogens with zero attached hydrogens (tertiary/aromatic N) is 2. The van der Waals surface area contributed by atoms with Crippen LogP contribution in [0.5, 0.6) is 11.5 Å². The Morgan fingerprint density at radius 2 is 1.78 bits per heavy atom. The third-order valence-corrected chi connectivity index (χ3v) is 6.30. The van der Waals surface area contributed by atoms with Crippen LogP contribution in [0.2, 0.25) is 0 Å². The van der Waals surface area contributed by atoms with Gasteiger partial charge in [-0.15, -0.1) is 0 Å². The second-order valence-corrected chi connectivity index (χ2v) is 9.47. The minimum Gasteiger partial charge on any atom is -0.491 e. The summed E-state index contributed by atoms with van der Waals surface area (Å²) < 4.78 is 12.0. The molecular weight excluding hydrogens is 458 g/mol. The lowest BCUT2D eigenvalue weighted by atomic mass is 9.97. The lowest BCUT2D eigenvalue weighted by Crippen LogP contribution is -2.44. The molecule has 0 saturated heterocycles. The first-order valence-corrected chi connectivity index (χ1v) is 11.9. The number of benzene rings is 2. The van der Waals surface area contributed by atoms with Crippen LogP contribution in [0, 0.1) is 5.92 Å². The number of anilines is 1. The fraction of sp³-hybridized carbons (Fsp3) is 0.286. The van der Waals surface area contributed by atoms with E-state index in [1.807, 2.05) is 18.2 Å². The van der Waals surface area contributed by atoms with E-state index >= 15 is 0 Å². The normalized spacial score (nSPS) is 14.6. The highest BCUT2D eigenvalue weighted by atomic mass is 16.5. The number of hydrogen-bond acceptors (Lipinski definition) is 6. The van der Waals surface area contributed by atoms with Crippen molar-refractivity contribution in [3.05, 3.63) is 71.4 Å². The van der Waals surface area contributed by atoms with Gasteiger partial charge in [0.1, 0.15) is 30.5 Å². The first-order valence-electron chi connectivity index (χ1n) is 11.9. The molecule has 36 heavy (non-hydrogen) atoms. The van der Waals surface area contributed by atoms with Crippen LogP contribution in [0.1, 0.15) is 53.5 Å². The van der Waals surface area contributed by atoms with Gasteiger partial charge in [-0.05, 0) is 48.2 Å². The summed E-state index contributed by atoms with van der Waals surface area (Å²) in [5, 5.41) is 2.70. The number of fused-ring (bicyclic) bond motifs is 4. The van der Waals surface area contributed by atoms with Crippen molar-refractivity contribution in [2.75, 3.05) is 11.9 Å². The van der Waals surface area contributed by atoms with E-state index in [0.29, 0.717) is 41.5 Å². The van der Waals surface area contributed by atoms with Crippen molar-refractivity contribution in [3.63, 3.8) is 0 Å². The summed E-state index contributed by atoms with van der Waals surface area (Å²) in [5.41, 5.74) is 3.62. The Balaban J connectivity index is 1.36. The molecule has 0 bridgehead atoms. The van der Waals surface area contributed by atoms with E-state index in [-0.39, 0.29) is 30.2 Å². The quantitative estimate of drug-likeness (QED) is 0.488. The van der Waals surface area contributed by atoms with E-state index in [0.717, 1.165) is 16.7 Å². The molecule has 5 rings (SSSR count). The molecule has 2 aliphatic rings. The van der Waals surface area contributed by atoms with E-state index in [1.54, 1.807) is 36.5 Å². The van der Waals surface area contributed by atoms with E-state index in [2.05, 4.69) is 24.1 Å². The molecule has 0 spiro atoms. The molecule has 8 nitrogen and oxygen atoms in total. The van der Waals surface area contributed by atoms with Crippen molar-refractivity contribution >= 4 is 23.5 Å². The van der Waals surface area contributed by atoms with E-state index in [1.165, 1.54) is 11.8 Å². The average molecular weight is 486 g/mol. The molecule has 1 aromatic heterocycles. The Labute approximate surface area is 209 Å². The summed E-state index contributed by atoms with van der Waals surface area (Å²) in [5.74, 6) is 1.25. The standard InChI is InChI=1S/C28H27N3O5/c1-16(2)10-19(31-27(33)22-6-4-5-7-23(22)28(31)34)15-35-20-8-9-21-18(11-20)14-36-25-13-29-26(12-24(21)25)30-17(3)32/h4-9,11-13,16,19H,10,14-15H2,1-3H3,(H,29,30,32)/t19-/m0/s1. The predicted octanol–water partition coefficient (Wildman–Crippen LogP) is 4.69. The highest BCUT2D eigenvalue weighted by molar-refractivity contribution is 6.21. The maximum Gasteiger partial charge on any atom is 0.261 e. The maximum absolute atomic E-state index is 13.0. The van der Waals surface area contributed by atoms with Crippen molar-refractivity contribution < 1.29 is 23.9 Å². The van der Waals surface area contributed by atoms with Gasteiger partial charge >= 0.3 is 0 Å². The van der Waals surface area contributed by atoms with Crippen LogP contribution in [0.15, 0.2) is 54.7 Å². The van der Waals surface area contributed by atoms with Gasteiger partial charge in [-0.3, -0.25) is 19.3 Å². The zero-order chi connectivity index (χ0) is 25.4. The molecule has 1 N–H and O–H groups in total. The largest absolute Gasteiger partial charge is 0.491 e. The molecule has 184 valence electrons.